The molecule has 0 radical (unpaired) electrons. The maximum Gasteiger partial charge on any atom is 0.181 e. The second kappa shape index (κ2) is 7.01. The first-order valence-electron chi connectivity index (χ1n) is 6.46. The zero-order valence-corrected chi connectivity index (χ0v) is 11.7. The van der Waals surface area contributed by atoms with Crippen LogP contribution in [-0.4, -0.2) is 17.4 Å². The van der Waals surface area contributed by atoms with Gasteiger partial charge in [0.1, 0.15) is 11.7 Å². The van der Waals surface area contributed by atoms with Crippen LogP contribution >= 0.6 is 11.6 Å². The molecule has 102 valence electrons. The molecule has 0 saturated carbocycles. The van der Waals surface area contributed by atoms with Crippen LogP contribution in [0.3, 0.4) is 0 Å². The highest BCUT2D eigenvalue weighted by atomic mass is 35.5. The van der Waals surface area contributed by atoms with Crippen LogP contribution < -0.4 is 0 Å². The minimum absolute atomic E-state index is 0.150. The first-order valence-corrected chi connectivity index (χ1v) is 6.89. The van der Waals surface area contributed by atoms with E-state index >= 15 is 0 Å². The Labute approximate surface area is 123 Å². The van der Waals surface area contributed by atoms with Gasteiger partial charge in [0, 0.05) is 17.9 Å². The van der Waals surface area contributed by atoms with Gasteiger partial charge in [-0.25, -0.2) is 0 Å². The molecule has 0 aliphatic rings. The van der Waals surface area contributed by atoms with Crippen molar-refractivity contribution in [1.29, 1.82) is 0 Å². The lowest BCUT2D eigenvalue weighted by atomic mass is 9.89. The van der Waals surface area contributed by atoms with Crippen molar-refractivity contribution in [3.8, 4) is 0 Å². The third-order valence-electron chi connectivity index (χ3n) is 3.24. The van der Waals surface area contributed by atoms with Gasteiger partial charge in [0.15, 0.2) is 5.78 Å². The minimum atomic E-state index is -0.745. The van der Waals surface area contributed by atoms with E-state index in [9.17, 15) is 9.59 Å². The molecule has 2 rings (SSSR count). The Hall–Kier alpha value is -1.93. The lowest BCUT2D eigenvalue weighted by Gasteiger charge is -2.19. The number of Topliss-reactive ketones (excluding diaryl/α,β-unsaturated/α-hetero) is 1. The average molecular weight is 287 g/mol. The van der Waals surface area contributed by atoms with Crippen molar-refractivity contribution >= 4 is 23.7 Å². The molecule has 0 aliphatic carbocycles. The van der Waals surface area contributed by atoms with Crippen molar-refractivity contribution < 1.29 is 9.59 Å². The molecule has 0 bridgehead atoms. The SMILES string of the molecule is O=CCC(c1ccccc1)C(Cl)C(=O)c1ccccc1. The number of halogens is 1. The Morgan fingerprint density at radius 3 is 2.10 bits per heavy atom. The Bertz CT molecular complexity index is 566. The fraction of sp³-hybridized carbons (Fsp3) is 0.176. The lowest BCUT2D eigenvalue weighted by Crippen LogP contribution is -2.23. The zero-order valence-electron chi connectivity index (χ0n) is 10.9. The first-order chi connectivity index (χ1) is 9.74. The van der Waals surface area contributed by atoms with Gasteiger partial charge in [0.05, 0.1) is 0 Å². The number of rotatable bonds is 6. The number of carbonyl (C=O) groups excluding carboxylic acids is 2. The minimum Gasteiger partial charge on any atom is -0.303 e. The van der Waals surface area contributed by atoms with Gasteiger partial charge in [0.25, 0.3) is 0 Å². The van der Waals surface area contributed by atoms with Gasteiger partial charge < -0.3 is 4.79 Å². The van der Waals surface area contributed by atoms with Crippen molar-refractivity contribution in [2.24, 2.45) is 0 Å². The molecular formula is C17H15ClO2. The Kier molecular flexibility index (Phi) is 5.08. The molecule has 0 N–H and O–H groups in total. The van der Waals surface area contributed by atoms with Crippen molar-refractivity contribution in [2.45, 2.75) is 17.7 Å². The van der Waals surface area contributed by atoms with Crippen molar-refractivity contribution in [1.82, 2.24) is 0 Å². The van der Waals surface area contributed by atoms with Crippen LogP contribution in [-0.2, 0) is 4.79 Å². The average Bonchev–Trinajstić information content (AvgIpc) is 2.53. The van der Waals surface area contributed by atoms with E-state index in [1.807, 2.05) is 36.4 Å². The topological polar surface area (TPSA) is 34.1 Å². The Balaban J connectivity index is 2.26. The van der Waals surface area contributed by atoms with E-state index in [1.165, 1.54) is 0 Å². The second-order valence-electron chi connectivity index (χ2n) is 4.55. The third-order valence-corrected chi connectivity index (χ3v) is 3.74. The highest BCUT2D eigenvalue weighted by Gasteiger charge is 2.27. The van der Waals surface area contributed by atoms with Crippen molar-refractivity contribution in [3.05, 3.63) is 71.8 Å². The van der Waals surface area contributed by atoms with Crippen molar-refractivity contribution in [3.63, 3.8) is 0 Å². The Morgan fingerprint density at radius 1 is 1.00 bits per heavy atom. The molecule has 3 heteroatoms. The normalized spacial score (nSPS) is 13.4. The number of ketones is 1. The number of hydrogen-bond acceptors (Lipinski definition) is 2. The molecule has 2 nitrogen and oxygen atoms in total. The monoisotopic (exact) mass is 286 g/mol. The molecule has 0 heterocycles. The van der Waals surface area contributed by atoms with E-state index in [-0.39, 0.29) is 18.1 Å². The van der Waals surface area contributed by atoms with Gasteiger partial charge in [-0.15, -0.1) is 11.6 Å². The largest absolute Gasteiger partial charge is 0.303 e. The van der Waals surface area contributed by atoms with Gasteiger partial charge in [-0.3, -0.25) is 4.79 Å². The van der Waals surface area contributed by atoms with Gasteiger partial charge in [-0.1, -0.05) is 60.7 Å². The molecule has 0 aliphatic heterocycles. The molecule has 20 heavy (non-hydrogen) atoms. The molecule has 2 unspecified atom stereocenters. The summed E-state index contributed by atoms with van der Waals surface area (Å²) in [6.45, 7) is 0. The fourth-order valence-corrected chi connectivity index (χ4v) is 2.55. The van der Waals surface area contributed by atoms with E-state index < -0.39 is 5.38 Å². The van der Waals surface area contributed by atoms with Crippen LogP contribution in [0, 0.1) is 0 Å². The summed E-state index contributed by atoms with van der Waals surface area (Å²) in [5.74, 6) is -0.453. The van der Waals surface area contributed by atoms with E-state index in [4.69, 9.17) is 11.6 Å². The summed E-state index contributed by atoms with van der Waals surface area (Å²) in [5, 5.41) is -0.745. The molecule has 0 spiro atoms. The zero-order chi connectivity index (χ0) is 14.4. The lowest BCUT2D eigenvalue weighted by molar-refractivity contribution is -0.108. The van der Waals surface area contributed by atoms with Crippen LogP contribution in [0.15, 0.2) is 60.7 Å². The highest BCUT2D eigenvalue weighted by molar-refractivity contribution is 6.34. The summed E-state index contributed by atoms with van der Waals surface area (Å²) < 4.78 is 0. The maximum atomic E-state index is 12.4. The van der Waals surface area contributed by atoms with E-state index in [2.05, 4.69) is 0 Å². The van der Waals surface area contributed by atoms with Crippen LogP contribution in [0.1, 0.15) is 28.3 Å². The summed E-state index contributed by atoms with van der Waals surface area (Å²) in [7, 11) is 0. The standard InChI is InChI=1S/C17H15ClO2/c18-16(17(20)14-9-5-2-6-10-14)15(11-12-19)13-7-3-1-4-8-13/h1-10,12,15-16H,11H2. The summed E-state index contributed by atoms with van der Waals surface area (Å²) in [6, 6.07) is 18.4. The number of alkyl halides is 1. The predicted octanol–water partition coefficient (Wildman–Crippen LogP) is 3.85. The quantitative estimate of drug-likeness (QED) is 0.459. The molecule has 0 amide bonds. The summed E-state index contributed by atoms with van der Waals surface area (Å²) in [5.41, 5.74) is 1.48. The molecular weight excluding hydrogens is 272 g/mol. The first kappa shape index (κ1) is 14.5. The smallest absolute Gasteiger partial charge is 0.181 e. The Morgan fingerprint density at radius 2 is 1.55 bits per heavy atom. The number of carbonyl (C=O) groups is 2. The maximum absolute atomic E-state index is 12.4. The number of aldehydes is 1. The third kappa shape index (κ3) is 3.34. The van der Waals surface area contributed by atoms with E-state index in [1.54, 1.807) is 24.3 Å². The fourth-order valence-electron chi connectivity index (χ4n) is 2.17. The molecule has 0 fully saturated rings. The predicted molar refractivity (Wildman–Crippen MR) is 80.3 cm³/mol. The van der Waals surface area contributed by atoms with Crippen LogP contribution in [0.5, 0.6) is 0 Å². The number of hydrogen-bond donors (Lipinski definition) is 0. The van der Waals surface area contributed by atoms with Crippen molar-refractivity contribution in [2.75, 3.05) is 0 Å². The molecule has 2 atom stereocenters. The van der Waals surface area contributed by atoms with Crippen LogP contribution in [0.25, 0.3) is 0 Å². The molecule has 0 aromatic heterocycles. The highest BCUT2D eigenvalue weighted by Crippen LogP contribution is 2.28. The summed E-state index contributed by atoms with van der Waals surface area (Å²) in [6.07, 6.45) is 1.04. The molecule has 2 aromatic rings. The van der Waals surface area contributed by atoms with Gasteiger partial charge >= 0.3 is 0 Å². The van der Waals surface area contributed by atoms with Gasteiger partial charge in [-0.2, -0.15) is 0 Å². The number of benzene rings is 2. The van der Waals surface area contributed by atoms with E-state index in [0.717, 1.165) is 11.8 Å². The van der Waals surface area contributed by atoms with Gasteiger partial charge in [0.2, 0.25) is 0 Å². The second-order valence-corrected chi connectivity index (χ2v) is 5.02. The summed E-state index contributed by atoms with van der Waals surface area (Å²) in [4.78, 5) is 23.3. The molecule has 2 aromatic carbocycles. The van der Waals surface area contributed by atoms with E-state index in [0.29, 0.717) is 5.56 Å². The summed E-state index contributed by atoms with van der Waals surface area (Å²) >= 11 is 6.34. The van der Waals surface area contributed by atoms with Crippen LogP contribution in [0.2, 0.25) is 0 Å². The van der Waals surface area contributed by atoms with Gasteiger partial charge in [-0.05, 0) is 5.56 Å². The molecule has 0 saturated heterocycles. The van der Waals surface area contributed by atoms with Crippen LogP contribution in [0.4, 0.5) is 0 Å².